The van der Waals surface area contributed by atoms with Crippen molar-refractivity contribution in [1.82, 2.24) is 0 Å². The lowest BCUT2D eigenvalue weighted by Crippen LogP contribution is -2.27. The second-order valence-electron chi connectivity index (χ2n) is 7.66. The Kier molecular flexibility index (Phi) is 5.71. The zero-order valence-corrected chi connectivity index (χ0v) is 17.9. The molecule has 0 N–H and O–H groups in total. The summed E-state index contributed by atoms with van der Waals surface area (Å²) in [6.07, 6.45) is 4.00. The van der Waals surface area contributed by atoms with E-state index in [9.17, 15) is 4.79 Å². The average Bonchev–Trinajstić information content (AvgIpc) is 2.74. The first-order valence-corrected chi connectivity index (χ1v) is 9.78. The van der Waals surface area contributed by atoms with Crippen molar-refractivity contribution >= 4 is 17.0 Å². The molecule has 4 rings (SSSR count). The second kappa shape index (κ2) is 8.45. The zero-order chi connectivity index (χ0) is 22.0. The number of methoxy groups -OCH3 is 2. The summed E-state index contributed by atoms with van der Waals surface area (Å²) in [6.45, 7) is 4.02. The molecular formula is C24H24O7. The lowest BCUT2D eigenvalue weighted by Gasteiger charge is -2.27. The third-order valence-electron chi connectivity index (χ3n) is 4.78. The molecule has 0 spiro atoms. The van der Waals surface area contributed by atoms with E-state index in [2.05, 4.69) is 0 Å². The number of rotatable bonds is 7. The molecule has 3 aromatic rings. The molecule has 0 amide bonds. The number of fused-ring (bicyclic) bond motifs is 2. The molecule has 0 saturated heterocycles. The van der Waals surface area contributed by atoms with Crippen LogP contribution in [0.25, 0.3) is 28.4 Å². The zero-order valence-electron chi connectivity index (χ0n) is 17.9. The van der Waals surface area contributed by atoms with Crippen LogP contribution in [0.3, 0.4) is 0 Å². The fourth-order valence-corrected chi connectivity index (χ4v) is 3.35. The van der Waals surface area contributed by atoms with E-state index in [0.717, 1.165) is 16.9 Å². The molecule has 31 heavy (non-hydrogen) atoms. The lowest BCUT2D eigenvalue weighted by atomic mass is 10.00. The summed E-state index contributed by atoms with van der Waals surface area (Å²) >= 11 is 0. The van der Waals surface area contributed by atoms with E-state index in [-0.39, 0.29) is 24.6 Å². The summed E-state index contributed by atoms with van der Waals surface area (Å²) < 4.78 is 33.1. The lowest BCUT2D eigenvalue weighted by molar-refractivity contribution is 0.0467. The van der Waals surface area contributed by atoms with Gasteiger partial charge in [-0.25, -0.2) is 0 Å². The van der Waals surface area contributed by atoms with E-state index >= 15 is 0 Å². The van der Waals surface area contributed by atoms with Gasteiger partial charge in [0.1, 0.15) is 39.6 Å². The van der Waals surface area contributed by atoms with Crippen LogP contribution in [-0.4, -0.2) is 33.4 Å². The number of benzene rings is 2. The van der Waals surface area contributed by atoms with Gasteiger partial charge in [0.15, 0.2) is 19.0 Å². The SMILES string of the molecule is COCOc1cc(OCOC)c2c(=O)cc(-c3ccc4c(c3)C=CC(C)(C)O4)oc2c1. The molecule has 0 aliphatic carbocycles. The van der Waals surface area contributed by atoms with Crippen molar-refractivity contribution in [2.24, 2.45) is 0 Å². The van der Waals surface area contributed by atoms with E-state index in [1.165, 1.54) is 20.3 Å². The third-order valence-corrected chi connectivity index (χ3v) is 4.78. The summed E-state index contributed by atoms with van der Waals surface area (Å²) in [7, 11) is 3.03. The van der Waals surface area contributed by atoms with Crippen molar-refractivity contribution in [2.45, 2.75) is 19.4 Å². The highest BCUT2D eigenvalue weighted by Crippen LogP contribution is 2.36. The van der Waals surface area contributed by atoms with Crippen LogP contribution in [0.1, 0.15) is 19.4 Å². The molecule has 0 saturated carbocycles. The normalized spacial score (nSPS) is 14.2. The highest BCUT2D eigenvalue weighted by atomic mass is 16.7. The Bertz CT molecular complexity index is 1190. The molecule has 0 radical (unpaired) electrons. The Morgan fingerprint density at radius 1 is 0.968 bits per heavy atom. The molecule has 7 nitrogen and oxygen atoms in total. The number of hydrogen-bond acceptors (Lipinski definition) is 7. The Morgan fingerprint density at radius 2 is 1.74 bits per heavy atom. The van der Waals surface area contributed by atoms with Crippen LogP contribution in [0.15, 0.2) is 51.7 Å². The molecule has 2 aromatic carbocycles. The highest BCUT2D eigenvalue weighted by molar-refractivity contribution is 5.86. The maximum Gasteiger partial charge on any atom is 0.197 e. The van der Waals surface area contributed by atoms with Crippen molar-refractivity contribution in [2.75, 3.05) is 27.8 Å². The summed E-state index contributed by atoms with van der Waals surface area (Å²) in [5, 5.41) is 0.313. The van der Waals surface area contributed by atoms with Gasteiger partial charge in [-0.2, -0.15) is 0 Å². The predicted molar refractivity (Wildman–Crippen MR) is 117 cm³/mol. The highest BCUT2D eigenvalue weighted by Gasteiger charge is 2.22. The van der Waals surface area contributed by atoms with Crippen LogP contribution in [0, 0.1) is 0 Å². The standard InChI is InChI=1S/C24H24O7/c1-24(2)8-7-16-9-15(5-6-19(16)31-24)20-12-18(25)23-21(29-14-27-4)10-17(28-13-26-3)11-22(23)30-20/h5-12H,13-14H2,1-4H3. The van der Waals surface area contributed by atoms with Crippen LogP contribution in [-0.2, 0) is 9.47 Å². The molecular weight excluding hydrogens is 400 g/mol. The molecule has 0 fully saturated rings. The van der Waals surface area contributed by atoms with E-state index in [1.807, 2.05) is 44.2 Å². The molecule has 7 heteroatoms. The van der Waals surface area contributed by atoms with Crippen LogP contribution >= 0.6 is 0 Å². The van der Waals surface area contributed by atoms with Crippen molar-refractivity contribution in [1.29, 1.82) is 0 Å². The molecule has 2 heterocycles. The molecule has 0 unspecified atom stereocenters. The van der Waals surface area contributed by atoms with Crippen molar-refractivity contribution in [3.63, 3.8) is 0 Å². The summed E-state index contributed by atoms with van der Waals surface area (Å²) in [6, 6.07) is 10.4. The van der Waals surface area contributed by atoms with Crippen LogP contribution < -0.4 is 19.6 Å². The third kappa shape index (κ3) is 4.42. The second-order valence-corrected chi connectivity index (χ2v) is 7.66. The molecule has 1 aliphatic heterocycles. The minimum atomic E-state index is -0.360. The minimum absolute atomic E-state index is 0.0163. The maximum atomic E-state index is 13.0. The van der Waals surface area contributed by atoms with Gasteiger partial charge in [-0.1, -0.05) is 6.08 Å². The smallest absolute Gasteiger partial charge is 0.197 e. The number of hydrogen-bond donors (Lipinski definition) is 0. The van der Waals surface area contributed by atoms with Gasteiger partial charge in [0.2, 0.25) is 0 Å². The first-order chi connectivity index (χ1) is 14.9. The van der Waals surface area contributed by atoms with E-state index in [1.54, 1.807) is 12.1 Å². The average molecular weight is 424 g/mol. The van der Waals surface area contributed by atoms with Crippen molar-refractivity contribution in [3.05, 3.63) is 58.3 Å². The topological polar surface area (TPSA) is 76.4 Å². The molecule has 1 aliphatic rings. The first-order valence-electron chi connectivity index (χ1n) is 9.78. The van der Waals surface area contributed by atoms with Gasteiger partial charge in [-0.15, -0.1) is 0 Å². The summed E-state index contributed by atoms with van der Waals surface area (Å²) in [4.78, 5) is 13.0. The van der Waals surface area contributed by atoms with E-state index in [4.69, 9.17) is 28.1 Å². The van der Waals surface area contributed by atoms with E-state index in [0.29, 0.717) is 28.2 Å². The van der Waals surface area contributed by atoms with Gasteiger partial charge in [0, 0.05) is 43.5 Å². The van der Waals surface area contributed by atoms with Gasteiger partial charge in [0.25, 0.3) is 0 Å². The molecule has 1 aromatic heterocycles. The fraction of sp³-hybridized carbons (Fsp3) is 0.292. The Balaban J connectivity index is 1.80. The quantitative estimate of drug-likeness (QED) is 0.513. The number of ether oxygens (including phenoxy) is 5. The predicted octanol–water partition coefficient (Wildman–Crippen LogP) is 4.61. The Hall–Kier alpha value is -3.29. The van der Waals surface area contributed by atoms with Crippen LogP contribution in [0.5, 0.6) is 17.2 Å². The Morgan fingerprint density at radius 3 is 2.52 bits per heavy atom. The largest absolute Gasteiger partial charge is 0.483 e. The van der Waals surface area contributed by atoms with Gasteiger partial charge >= 0.3 is 0 Å². The van der Waals surface area contributed by atoms with Gasteiger partial charge in [-0.05, 0) is 38.1 Å². The van der Waals surface area contributed by atoms with E-state index < -0.39 is 0 Å². The van der Waals surface area contributed by atoms with Crippen LogP contribution in [0.4, 0.5) is 0 Å². The fourth-order valence-electron chi connectivity index (χ4n) is 3.35. The van der Waals surface area contributed by atoms with Gasteiger partial charge < -0.3 is 28.1 Å². The molecule has 0 bridgehead atoms. The first kappa shape index (κ1) is 21.0. The minimum Gasteiger partial charge on any atom is -0.483 e. The monoisotopic (exact) mass is 424 g/mol. The Labute approximate surface area is 179 Å². The van der Waals surface area contributed by atoms with Gasteiger partial charge in [-0.3, -0.25) is 4.79 Å². The summed E-state index contributed by atoms with van der Waals surface area (Å²) in [5.41, 5.74) is 1.43. The van der Waals surface area contributed by atoms with Crippen molar-refractivity contribution in [3.8, 4) is 28.6 Å². The molecule has 162 valence electrons. The molecule has 0 atom stereocenters. The van der Waals surface area contributed by atoms with Gasteiger partial charge in [0.05, 0.1) is 0 Å². The van der Waals surface area contributed by atoms with Crippen LogP contribution in [0.2, 0.25) is 0 Å². The van der Waals surface area contributed by atoms with Crippen molar-refractivity contribution < 1.29 is 28.1 Å². The maximum absolute atomic E-state index is 13.0. The summed E-state index contributed by atoms with van der Waals surface area (Å²) in [5.74, 6) is 1.98.